The van der Waals surface area contributed by atoms with Crippen molar-refractivity contribution >= 4 is 11.6 Å². The van der Waals surface area contributed by atoms with Crippen molar-refractivity contribution in [3.8, 4) is 0 Å². The number of hydrogen-bond acceptors (Lipinski definition) is 2. The Hall–Kier alpha value is -1.19. The molecule has 11 heavy (non-hydrogen) atoms. The number of amides is 1. The lowest BCUT2D eigenvalue weighted by atomic mass is 10.3. The molecule has 0 rings (SSSR count). The third kappa shape index (κ3) is 3.50. The van der Waals surface area contributed by atoms with Crippen LogP contribution in [0.15, 0.2) is 16.9 Å². The Bertz CT molecular complexity index is 204. The monoisotopic (exact) mass is 158 g/mol. The van der Waals surface area contributed by atoms with Crippen LogP contribution in [0, 0.1) is 0 Å². The maximum absolute atomic E-state index is 12.2. The zero-order valence-electron chi connectivity index (χ0n) is 6.81. The lowest BCUT2D eigenvalue weighted by Crippen LogP contribution is -2.26. The van der Waals surface area contributed by atoms with Gasteiger partial charge in [0.25, 0.3) is 5.91 Å². The van der Waals surface area contributed by atoms with Gasteiger partial charge in [-0.3, -0.25) is 9.79 Å². The fraction of sp³-hybridized carbons (Fsp3) is 0.429. The Morgan fingerprint density at radius 2 is 2.18 bits per heavy atom. The van der Waals surface area contributed by atoms with Crippen molar-refractivity contribution in [1.82, 2.24) is 5.32 Å². The molecule has 0 bridgehead atoms. The quantitative estimate of drug-likeness (QED) is 0.590. The number of carbonyl (C=O) groups excluding carboxylic acids is 1. The van der Waals surface area contributed by atoms with Gasteiger partial charge in [-0.2, -0.15) is 0 Å². The molecule has 0 aromatic heterocycles. The van der Waals surface area contributed by atoms with E-state index >= 15 is 0 Å². The van der Waals surface area contributed by atoms with Gasteiger partial charge in [0.1, 0.15) is 5.71 Å². The molecular formula is C7H11FN2O. The van der Waals surface area contributed by atoms with E-state index in [-0.39, 0.29) is 11.6 Å². The highest BCUT2D eigenvalue weighted by molar-refractivity contribution is 6.43. The van der Waals surface area contributed by atoms with Gasteiger partial charge in [-0.1, -0.05) is 0 Å². The van der Waals surface area contributed by atoms with Crippen LogP contribution < -0.4 is 5.32 Å². The second kappa shape index (κ2) is 4.60. The van der Waals surface area contributed by atoms with Crippen molar-refractivity contribution in [2.45, 2.75) is 6.92 Å². The van der Waals surface area contributed by atoms with Gasteiger partial charge < -0.3 is 5.32 Å². The summed E-state index contributed by atoms with van der Waals surface area (Å²) in [6.45, 7) is 1.26. The second-order valence-electron chi connectivity index (χ2n) is 1.92. The number of carbonyl (C=O) groups is 1. The van der Waals surface area contributed by atoms with Gasteiger partial charge in [0.15, 0.2) is 0 Å². The molecule has 1 amide bonds. The average Bonchev–Trinajstić information content (AvgIpc) is 1.98. The molecule has 0 atom stereocenters. The predicted octanol–water partition coefficient (Wildman–Crippen LogP) is 0.676. The Kier molecular flexibility index (Phi) is 4.10. The molecule has 0 saturated carbocycles. The first-order valence-corrected chi connectivity index (χ1v) is 3.14. The minimum absolute atomic E-state index is 0.0903. The Balaban J connectivity index is 4.45. The fourth-order valence-electron chi connectivity index (χ4n) is 0.548. The van der Waals surface area contributed by atoms with Gasteiger partial charge in [-0.05, 0) is 6.92 Å². The Morgan fingerprint density at radius 1 is 1.64 bits per heavy atom. The van der Waals surface area contributed by atoms with Crippen LogP contribution in [0.3, 0.4) is 0 Å². The number of nitrogens with one attached hydrogen (secondary N) is 1. The molecule has 0 aromatic rings. The van der Waals surface area contributed by atoms with Crippen molar-refractivity contribution in [1.29, 1.82) is 0 Å². The van der Waals surface area contributed by atoms with Gasteiger partial charge in [0, 0.05) is 20.2 Å². The minimum Gasteiger partial charge on any atom is -0.354 e. The first kappa shape index (κ1) is 9.81. The van der Waals surface area contributed by atoms with Crippen molar-refractivity contribution in [3.05, 3.63) is 11.9 Å². The molecular weight excluding hydrogens is 147 g/mol. The zero-order valence-corrected chi connectivity index (χ0v) is 6.81. The highest BCUT2D eigenvalue weighted by Gasteiger charge is 2.04. The molecule has 1 N–H and O–H groups in total. The van der Waals surface area contributed by atoms with Crippen molar-refractivity contribution in [3.63, 3.8) is 0 Å². The summed E-state index contributed by atoms with van der Waals surface area (Å²) in [4.78, 5) is 14.4. The Morgan fingerprint density at radius 3 is 2.45 bits per heavy atom. The van der Waals surface area contributed by atoms with E-state index in [1.807, 2.05) is 0 Å². The number of nitrogens with zero attached hydrogens (tertiary/aromatic N) is 1. The maximum Gasteiger partial charge on any atom is 0.269 e. The number of allylic oxidation sites excluding steroid dienone is 1. The molecule has 0 aliphatic carbocycles. The van der Waals surface area contributed by atoms with Crippen LogP contribution in [0.2, 0.25) is 0 Å². The SMILES string of the molecule is CN=C(/C=C(\C)F)C(=O)NC. The minimum atomic E-state index is -0.436. The van der Waals surface area contributed by atoms with Crippen LogP contribution in [0.1, 0.15) is 6.92 Å². The van der Waals surface area contributed by atoms with E-state index in [1.165, 1.54) is 21.0 Å². The van der Waals surface area contributed by atoms with Crippen molar-refractivity contribution in [2.24, 2.45) is 4.99 Å². The molecule has 0 aromatic carbocycles. The van der Waals surface area contributed by atoms with Crippen LogP contribution >= 0.6 is 0 Å². The average molecular weight is 158 g/mol. The molecule has 62 valence electrons. The highest BCUT2D eigenvalue weighted by Crippen LogP contribution is 1.93. The van der Waals surface area contributed by atoms with Crippen LogP contribution in [-0.2, 0) is 4.79 Å². The second-order valence-corrected chi connectivity index (χ2v) is 1.92. The number of aliphatic imine (C=N–C) groups is 1. The molecule has 0 radical (unpaired) electrons. The molecule has 4 heteroatoms. The first-order valence-electron chi connectivity index (χ1n) is 3.14. The van der Waals surface area contributed by atoms with Gasteiger partial charge in [0.05, 0.1) is 5.83 Å². The molecule has 0 aliphatic rings. The molecule has 3 nitrogen and oxygen atoms in total. The third-order valence-electron chi connectivity index (χ3n) is 1.04. The standard InChI is InChI=1S/C7H11FN2O/c1-5(8)4-6(9-2)7(11)10-3/h4H,1-3H3,(H,10,11)/b5-4+,9-6?. The summed E-state index contributed by atoms with van der Waals surface area (Å²) in [7, 11) is 2.90. The smallest absolute Gasteiger partial charge is 0.269 e. The largest absolute Gasteiger partial charge is 0.354 e. The molecule has 0 spiro atoms. The third-order valence-corrected chi connectivity index (χ3v) is 1.04. The van der Waals surface area contributed by atoms with Gasteiger partial charge in [-0.25, -0.2) is 4.39 Å². The lowest BCUT2D eigenvalue weighted by Gasteiger charge is -1.96. The van der Waals surface area contributed by atoms with Crippen LogP contribution in [-0.4, -0.2) is 25.7 Å². The summed E-state index contributed by atoms with van der Waals surface area (Å²) < 4.78 is 12.2. The van der Waals surface area contributed by atoms with Crippen molar-refractivity contribution < 1.29 is 9.18 Å². The van der Waals surface area contributed by atoms with Gasteiger partial charge in [-0.15, -0.1) is 0 Å². The molecule has 0 unspecified atom stereocenters. The van der Waals surface area contributed by atoms with Gasteiger partial charge >= 0.3 is 0 Å². The summed E-state index contributed by atoms with van der Waals surface area (Å²) >= 11 is 0. The molecule has 0 aliphatic heterocycles. The van der Waals surface area contributed by atoms with E-state index in [9.17, 15) is 9.18 Å². The summed E-state index contributed by atoms with van der Waals surface area (Å²) in [5.41, 5.74) is 0.0903. The molecule has 0 fully saturated rings. The van der Waals surface area contributed by atoms with Crippen LogP contribution in [0.5, 0.6) is 0 Å². The summed E-state index contributed by atoms with van der Waals surface area (Å²) in [6.07, 6.45) is 1.08. The molecule has 0 saturated heterocycles. The normalized spacial score (nSPS) is 13.1. The summed E-state index contributed by atoms with van der Waals surface area (Å²) in [5.74, 6) is -0.821. The van der Waals surface area contributed by atoms with E-state index in [0.29, 0.717) is 0 Å². The number of hydrogen-bond donors (Lipinski definition) is 1. The lowest BCUT2D eigenvalue weighted by molar-refractivity contribution is -0.114. The van der Waals surface area contributed by atoms with E-state index < -0.39 is 5.83 Å². The van der Waals surface area contributed by atoms with Crippen LogP contribution in [0.4, 0.5) is 4.39 Å². The number of halogens is 1. The summed E-state index contributed by atoms with van der Waals surface area (Å²) in [5, 5.41) is 2.34. The maximum atomic E-state index is 12.2. The van der Waals surface area contributed by atoms with E-state index in [1.54, 1.807) is 0 Å². The van der Waals surface area contributed by atoms with E-state index in [4.69, 9.17) is 0 Å². The topological polar surface area (TPSA) is 41.5 Å². The summed E-state index contributed by atoms with van der Waals surface area (Å²) in [6, 6.07) is 0. The van der Waals surface area contributed by atoms with Crippen molar-refractivity contribution in [2.75, 3.05) is 14.1 Å². The highest BCUT2D eigenvalue weighted by atomic mass is 19.1. The predicted molar refractivity (Wildman–Crippen MR) is 42.3 cm³/mol. The number of rotatable bonds is 2. The van der Waals surface area contributed by atoms with Crippen LogP contribution in [0.25, 0.3) is 0 Å². The molecule has 0 heterocycles. The van der Waals surface area contributed by atoms with E-state index in [0.717, 1.165) is 6.08 Å². The zero-order chi connectivity index (χ0) is 8.85. The Labute approximate surface area is 65.0 Å². The van der Waals surface area contributed by atoms with Gasteiger partial charge in [0.2, 0.25) is 0 Å². The fourth-order valence-corrected chi connectivity index (χ4v) is 0.548. The first-order chi connectivity index (χ1) is 5.11. The van der Waals surface area contributed by atoms with E-state index in [2.05, 4.69) is 10.3 Å².